The third-order valence-electron chi connectivity index (χ3n) is 4.01. The SMILES string of the molecule is COc1ccc(NC(=O)c2nnc(CNC(=O)Nc3cc(C)ccc3OC)s2)cc1. The van der Waals surface area contributed by atoms with Crippen molar-refractivity contribution in [2.75, 3.05) is 24.9 Å². The van der Waals surface area contributed by atoms with Crippen molar-refractivity contribution in [3.05, 3.63) is 58.0 Å². The van der Waals surface area contributed by atoms with Gasteiger partial charge in [-0.05, 0) is 48.9 Å². The van der Waals surface area contributed by atoms with Gasteiger partial charge < -0.3 is 25.4 Å². The van der Waals surface area contributed by atoms with E-state index in [2.05, 4.69) is 26.1 Å². The molecule has 0 atom stereocenters. The van der Waals surface area contributed by atoms with Crippen LogP contribution in [0.2, 0.25) is 0 Å². The Kier molecular flexibility index (Phi) is 6.81. The number of carbonyl (C=O) groups is 2. The fraction of sp³-hybridized carbons (Fsp3) is 0.200. The first kappa shape index (κ1) is 21.1. The number of anilines is 2. The molecule has 0 aliphatic rings. The summed E-state index contributed by atoms with van der Waals surface area (Å²) in [6.45, 7) is 2.05. The van der Waals surface area contributed by atoms with Crippen molar-refractivity contribution in [1.29, 1.82) is 0 Å². The molecule has 0 fully saturated rings. The number of methoxy groups -OCH3 is 2. The van der Waals surface area contributed by atoms with E-state index in [9.17, 15) is 9.59 Å². The highest BCUT2D eigenvalue weighted by molar-refractivity contribution is 7.13. The van der Waals surface area contributed by atoms with E-state index < -0.39 is 6.03 Å². The number of nitrogens with one attached hydrogen (secondary N) is 3. The van der Waals surface area contributed by atoms with Gasteiger partial charge in [0.2, 0.25) is 5.01 Å². The number of urea groups is 1. The lowest BCUT2D eigenvalue weighted by Gasteiger charge is -2.11. The Morgan fingerprint density at radius 2 is 1.77 bits per heavy atom. The van der Waals surface area contributed by atoms with Gasteiger partial charge in [-0.15, -0.1) is 10.2 Å². The molecule has 3 amide bonds. The summed E-state index contributed by atoms with van der Waals surface area (Å²) in [4.78, 5) is 24.5. The molecule has 1 aromatic heterocycles. The number of carbonyl (C=O) groups excluding carboxylic acids is 2. The first-order valence-corrected chi connectivity index (χ1v) is 9.77. The van der Waals surface area contributed by atoms with Crippen molar-refractivity contribution in [1.82, 2.24) is 15.5 Å². The number of benzene rings is 2. The van der Waals surface area contributed by atoms with E-state index in [0.29, 0.717) is 27.9 Å². The van der Waals surface area contributed by atoms with Crippen LogP contribution in [0.15, 0.2) is 42.5 Å². The number of aryl methyl sites for hydroxylation is 1. The predicted molar refractivity (Wildman–Crippen MR) is 114 cm³/mol. The normalized spacial score (nSPS) is 10.2. The average Bonchev–Trinajstić information content (AvgIpc) is 3.22. The quantitative estimate of drug-likeness (QED) is 0.532. The second-order valence-corrected chi connectivity index (χ2v) is 7.26. The maximum Gasteiger partial charge on any atom is 0.319 e. The van der Waals surface area contributed by atoms with Crippen molar-refractivity contribution in [3.8, 4) is 11.5 Å². The minimum absolute atomic E-state index is 0.132. The molecule has 3 N–H and O–H groups in total. The largest absolute Gasteiger partial charge is 0.497 e. The van der Waals surface area contributed by atoms with Crippen LogP contribution >= 0.6 is 11.3 Å². The lowest BCUT2D eigenvalue weighted by Crippen LogP contribution is -2.28. The summed E-state index contributed by atoms with van der Waals surface area (Å²) in [5, 5.41) is 16.7. The zero-order valence-corrected chi connectivity index (χ0v) is 17.5. The average molecular weight is 427 g/mol. The lowest BCUT2D eigenvalue weighted by atomic mass is 10.2. The third-order valence-corrected chi connectivity index (χ3v) is 4.93. The second-order valence-electron chi connectivity index (χ2n) is 6.19. The van der Waals surface area contributed by atoms with Crippen LogP contribution in [0.4, 0.5) is 16.2 Å². The molecule has 0 aliphatic heterocycles. The molecule has 0 bridgehead atoms. The Balaban J connectivity index is 1.54. The Hall–Kier alpha value is -3.66. The van der Waals surface area contributed by atoms with E-state index >= 15 is 0 Å². The van der Waals surface area contributed by atoms with Crippen LogP contribution in [-0.2, 0) is 6.54 Å². The van der Waals surface area contributed by atoms with Gasteiger partial charge in [0.1, 0.15) is 16.5 Å². The fourth-order valence-electron chi connectivity index (χ4n) is 2.52. The van der Waals surface area contributed by atoms with Crippen LogP contribution in [-0.4, -0.2) is 36.4 Å². The van der Waals surface area contributed by atoms with E-state index in [4.69, 9.17) is 9.47 Å². The number of ether oxygens (including phenoxy) is 2. The van der Waals surface area contributed by atoms with Crippen molar-refractivity contribution in [2.45, 2.75) is 13.5 Å². The molecule has 9 nitrogen and oxygen atoms in total. The van der Waals surface area contributed by atoms with Crippen molar-refractivity contribution in [3.63, 3.8) is 0 Å². The van der Waals surface area contributed by atoms with Gasteiger partial charge in [-0.1, -0.05) is 17.4 Å². The molecule has 10 heteroatoms. The highest BCUT2D eigenvalue weighted by Gasteiger charge is 2.14. The molecule has 2 aromatic carbocycles. The maximum atomic E-state index is 12.3. The van der Waals surface area contributed by atoms with Gasteiger partial charge >= 0.3 is 6.03 Å². The summed E-state index contributed by atoms with van der Waals surface area (Å²) >= 11 is 1.10. The van der Waals surface area contributed by atoms with Gasteiger partial charge in [-0.25, -0.2) is 4.79 Å². The van der Waals surface area contributed by atoms with Crippen LogP contribution in [0, 0.1) is 6.92 Å². The summed E-state index contributed by atoms with van der Waals surface area (Å²) in [7, 11) is 3.11. The Bertz CT molecular complexity index is 1040. The van der Waals surface area contributed by atoms with Gasteiger partial charge in [0.05, 0.1) is 26.5 Å². The van der Waals surface area contributed by atoms with Crippen LogP contribution in [0.3, 0.4) is 0 Å². The fourth-order valence-corrected chi connectivity index (χ4v) is 3.19. The maximum absolute atomic E-state index is 12.3. The lowest BCUT2D eigenvalue weighted by molar-refractivity contribution is 0.102. The smallest absolute Gasteiger partial charge is 0.319 e. The van der Waals surface area contributed by atoms with Gasteiger partial charge in [0.25, 0.3) is 5.91 Å². The third kappa shape index (κ3) is 5.45. The molecular weight excluding hydrogens is 406 g/mol. The monoisotopic (exact) mass is 427 g/mol. The van der Waals surface area contributed by atoms with Crippen LogP contribution in [0.1, 0.15) is 20.4 Å². The zero-order valence-electron chi connectivity index (χ0n) is 16.7. The topological polar surface area (TPSA) is 114 Å². The molecule has 156 valence electrons. The first-order chi connectivity index (χ1) is 14.5. The van der Waals surface area contributed by atoms with Gasteiger partial charge in [0, 0.05) is 5.69 Å². The molecule has 0 spiro atoms. The molecule has 0 saturated heterocycles. The van der Waals surface area contributed by atoms with E-state index in [-0.39, 0.29) is 17.5 Å². The molecule has 30 heavy (non-hydrogen) atoms. The standard InChI is InChI=1S/C20H21N5O4S/c1-12-4-9-16(29-3)15(10-12)23-20(27)21-11-17-24-25-19(30-17)18(26)22-13-5-7-14(28-2)8-6-13/h4-10H,11H2,1-3H3,(H,22,26)(H2,21,23,27). The highest BCUT2D eigenvalue weighted by Crippen LogP contribution is 2.25. The minimum atomic E-state index is -0.418. The van der Waals surface area contributed by atoms with Crippen molar-refractivity contribution >= 4 is 34.6 Å². The van der Waals surface area contributed by atoms with E-state index in [1.807, 2.05) is 19.1 Å². The number of nitrogens with zero attached hydrogens (tertiary/aromatic N) is 2. The number of rotatable bonds is 7. The van der Waals surface area contributed by atoms with Gasteiger partial charge in [-0.2, -0.15) is 0 Å². The van der Waals surface area contributed by atoms with Gasteiger partial charge in [-0.3, -0.25) is 4.79 Å². The number of hydrogen-bond donors (Lipinski definition) is 3. The molecule has 3 rings (SSSR count). The van der Waals surface area contributed by atoms with E-state index in [0.717, 1.165) is 16.9 Å². The molecule has 0 radical (unpaired) electrons. The summed E-state index contributed by atoms with van der Waals surface area (Å²) in [6.07, 6.45) is 0. The zero-order chi connectivity index (χ0) is 21.5. The molecule has 0 aliphatic carbocycles. The Labute approximate surface area is 177 Å². The summed E-state index contributed by atoms with van der Waals surface area (Å²) in [5.41, 5.74) is 2.16. The predicted octanol–water partition coefficient (Wildman–Crippen LogP) is 3.44. The molecule has 1 heterocycles. The second kappa shape index (κ2) is 9.70. The van der Waals surface area contributed by atoms with Crippen LogP contribution in [0.5, 0.6) is 11.5 Å². The summed E-state index contributed by atoms with van der Waals surface area (Å²) < 4.78 is 10.3. The molecule has 0 unspecified atom stereocenters. The summed E-state index contributed by atoms with van der Waals surface area (Å²) in [5.74, 6) is 0.876. The number of hydrogen-bond acceptors (Lipinski definition) is 7. The minimum Gasteiger partial charge on any atom is -0.497 e. The number of amides is 3. The van der Waals surface area contributed by atoms with E-state index in [1.165, 1.54) is 7.11 Å². The van der Waals surface area contributed by atoms with Crippen LogP contribution in [0.25, 0.3) is 0 Å². The van der Waals surface area contributed by atoms with E-state index in [1.54, 1.807) is 37.4 Å². The molecule has 0 saturated carbocycles. The van der Waals surface area contributed by atoms with Crippen molar-refractivity contribution in [2.24, 2.45) is 0 Å². The van der Waals surface area contributed by atoms with Crippen molar-refractivity contribution < 1.29 is 19.1 Å². The Morgan fingerprint density at radius 3 is 2.47 bits per heavy atom. The molecular formula is C20H21N5O4S. The Morgan fingerprint density at radius 1 is 1.00 bits per heavy atom. The number of aromatic nitrogens is 2. The highest BCUT2D eigenvalue weighted by atomic mass is 32.1. The van der Waals surface area contributed by atoms with Crippen LogP contribution < -0.4 is 25.4 Å². The first-order valence-electron chi connectivity index (χ1n) is 8.95. The summed E-state index contributed by atoms with van der Waals surface area (Å²) in [6, 6.07) is 12.0. The molecule has 3 aromatic rings. The van der Waals surface area contributed by atoms with Gasteiger partial charge in [0.15, 0.2) is 0 Å².